The molecule has 0 rings (SSSR count). The number of carbonyl (C=O) groups is 1. The van der Waals surface area contributed by atoms with Crippen molar-refractivity contribution in [3.05, 3.63) is 14.2 Å². The molecule has 0 atom stereocenters. The molecule has 0 aliphatic heterocycles. The van der Waals surface area contributed by atoms with Crippen molar-refractivity contribution in [3.63, 3.8) is 0 Å². The van der Waals surface area contributed by atoms with Gasteiger partial charge in [0.25, 0.3) is 0 Å². The Morgan fingerprint density at radius 3 is 2.21 bits per heavy atom. The molecular formula is C8H16O4Rf2-2. The Hall–Kier alpha value is -2.61. The van der Waals surface area contributed by atoms with Crippen molar-refractivity contribution in [2.24, 2.45) is 0 Å². The summed E-state index contributed by atoms with van der Waals surface area (Å²) < 4.78 is 9.03. The second-order valence-corrected chi connectivity index (χ2v) is 1.92. The standard InChI is InChI=1S/C7H13O3.CH3O.2Rf/c1-3-4-5-10-7(8)6-9-2;1-2;;/h2-6H2,1H3;2H,1H2;;/q2*-1;;. The number of esters is 1. The third kappa shape index (κ3) is 22.8. The summed E-state index contributed by atoms with van der Waals surface area (Å²) in [6.07, 6.45) is 1.93. The molecule has 0 unspecified atom stereocenters. The number of hydrogen-bond donors (Lipinski definition) is 1. The van der Waals surface area contributed by atoms with Crippen molar-refractivity contribution < 1.29 is 19.4 Å². The maximum Gasteiger partial charge on any atom is 0.329 e. The van der Waals surface area contributed by atoms with Gasteiger partial charge in [-0.1, -0.05) is 13.3 Å². The number of aliphatic hydroxyl groups is 1. The predicted molar refractivity (Wildman–Crippen MR) is 44.5 cm³/mol. The minimum absolute atomic E-state index is 0. The number of hydrogen-bond acceptors (Lipinski definition) is 4. The topological polar surface area (TPSA) is 55.8 Å². The molecule has 0 aliphatic carbocycles. The van der Waals surface area contributed by atoms with E-state index in [1.165, 1.54) is 0 Å². The van der Waals surface area contributed by atoms with E-state index in [0.29, 0.717) is 6.61 Å². The Bertz CT molecular complexity index is 101. The molecule has 1 N–H and O–H groups in total. The number of carbonyl (C=O) groups excluding carboxylic acids is 1. The second kappa shape index (κ2) is 22.4. The molecule has 0 fully saturated rings. The van der Waals surface area contributed by atoms with Gasteiger partial charge in [-0.25, -0.2) is 19.0 Å². The number of aliphatic hydroxyl groups excluding tert-OH is 1. The van der Waals surface area contributed by atoms with Gasteiger partial charge in [0.05, 0.1) is 6.61 Å². The summed E-state index contributed by atoms with van der Waals surface area (Å²) >= 11 is 0. The molecule has 0 saturated heterocycles. The van der Waals surface area contributed by atoms with Crippen molar-refractivity contribution in [2.75, 3.05) is 13.2 Å². The Kier molecular flexibility index (Phi) is 36.1. The molecular weight excluding hydrogens is 694 g/mol. The third-order valence-electron chi connectivity index (χ3n) is 0.981. The van der Waals surface area contributed by atoms with Crippen LogP contribution in [-0.2, 0) is 14.3 Å². The molecule has 6 heteroatoms. The maximum atomic E-state index is 10.5. The molecule has 0 amide bonds. The Labute approximate surface area is 73.5 Å². The molecule has 0 aliphatic rings. The summed E-state index contributed by atoms with van der Waals surface area (Å²) in [7, 11) is 5.30. The van der Waals surface area contributed by atoms with E-state index in [9.17, 15) is 4.79 Å². The Balaban J connectivity index is -0.000000117. The van der Waals surface area contributed by atoms with E-state index >= 15 is 0 Å². The van der Waals surface area contributed by atoms with Crippen LogP contribution in [0.15, 0.2) is 0 Å². The molecule has 0 spiro atoms. The SMILES string of the molecule is [CH2-]O.[CH2-]OCC(=O)OCCCC.[Rf].[Rf]. The summed E-state index contributed by atoms with van der Waals surface area (Å²) in [5.41, 5.74) is 0. The van der Waals surface area contributed by atoms with Gasteiger partial charge >= 0.3 is 5.97 Å². The number of rotatable bonds is 5. The van der Waals surface area contributed by atoms with Crippen LogP contribution in [-0.4, -0.2) is 24.3 Å². The van der Waals surface area contributed by atoms with Crippen LogP contribution in [0, 0.1) is 14.2 Å². The predicted octanol–water partition coefficient (Wildman–Crippen LogP) is 1.29. The van der Waals surface area contributed by atoms with Crippen molar-refractivity contribution in [3.8, 4) is 0 Å². The Morgan fingerprint density at radius 2 is 1.86 bits per heavy atom. The minimum Gasteiger partial charge on any atom is -0.569 e. The van der Waals surface area contributed by atoms with E-state index in [1.54, 1.807) is 0 Å². The molecule has 4 nitrogen and oxygen atoms in total. The van der Waals surface area contributed by atoms with Crippen LogP contribution in [0.4, 0.5) is 0 Å². The average molecular weight is 710 g/mol. The van der Waals surface area contributed by atoms with Gasteiger partial charge in [-0.2, -0.15) is 0 Å². The summed E-state index contributed by atoms with van der Waals surface area (Å²) in [6, 6.07) is 0. The summed E-state index contributed by atoms with van der Waals surface area (Å²) in [5, 5.41) is 6.75. The van der Waals surface area contributed by atoms with Crippen molar-refractivity contribution in [1.29, 1.82) is 0 Å². The van der Waals surface area contributed by atoms with Crippen molar-refractivity contribution in [2.45, 2.75) is 19.8 Å². The fraction of sp³-hybridized carbons (Fsp3) is 0.625. The zero-order chi connectivity index (χ0) is 9.82. The molecule has 0 aromatic carbocycles. The van der Waals surface area contributed by atoms with Crippen molar-refractivity contribution >= 4 is 5.97 Å². The Morgan fingerprint density at radius 1 is 1.36 bits per heavy atom. The van der Waals surface area contributed by atoms with E-state index in [4.69, 9.17) is 9.84 Å². The van der Waals surface area contributed by atoms with Crippen LogP contribution in [0.3, 0.4) is 0 Å². The van der Waals surface area contributed by atoms with E-state index in [1.807, 2.05) is 6.92 Å². The van der Waals surface area contributed by atoms with Crippen LogP contribution < -0.4 is 0 Å². The van der Waals surface area contributed by atoms with Crippen molar-refractivity contribution in [1.82, 2.24) is 0 Å². The van der Waals surface area contributed by atoms with Gasteiger partial charge in [0.1, 0.15) is 6.61 Å². The largest absolute Gasteiger partial charge is 0.569 e. The average Bonchev–Trinajstić information content (AvgIpc) is 2.09. The molecule has 0 bridgehead atoms. The van der Waals surface area contributed by atoms with Crippen LogP contribution in [0.25, 0.3) is 0 Å². The monoisotopic (exact) mass is 710 g/mol. The van der Waals surface area contributed by atoms with E-state index in [-0.39, 0.29) is 12.6 Å². The normalized spacial score (nSPS) is 7.14. The van der Waals surface area contributed by atoms with Gasteiger partial charge in [0, 0.05) is 0 Å². The first kappa shape index (κ1) is 22.5. The van der Waals surface area contributed by atoms with Gasteiger partial charge in [-0.3, -0.25) is 0 Å². The first-order valence-corrected chi connectivity index (χ1v) is 3.65. The molecule has 0 heterocycles. The molecule has 0 aromatic rings. The first-order valence-electron chi connectivity index (χ1n) is 3.65. The third-order valence-corrected chi connectivity index (χ3v) is 0.981. The molecule has 0 radical (unpaired) electrons. The van der Waals surface area contributed by atoms with E-state index < -0.39 is 0 Å². The minimum atomic E-state index is -0.344. The number of unbranched alkanes of at least 4 members (excludes halogenated alkanes) is 1. The summed E-state index contributed by atoms with van der Waals surface area (Å²) in [4.78, 5) is 10.5. The van der Waals surface area contributed by atoms with E-state index in [2.05, 4.69) is 19.0 Å². The summed E-state index contributed by atoms with van der Waals surface area (Å²) in [5.74, 6) is -0.344. The fourth-order valence-electron chi connectivity index (χ4n) is 0.455. The van der Waals surface area contributed by atoms with Gasteiger partial charge in [-0.15, -0.1) is 0 Å². The summed E-state index contributed by atoms with van der Waals surface area (Å²) in [6.45, 7) is 2.47. The van der Waals surface area contributed by atoms with Gasteiger partial charge < -0.3 is 14.6 Å². The zero-order valence-electron chi connectivity index (χ0n) is 8.83. The molecule has 0 aromatic heterocycles. The van der Waals surface area contributed by atoms with Gasteiger partial charge in [-0.05, 0) is 6.42 Å². The first-order chi connectivity index (χ1) is 5.81. The molecule has 14 heavy (non-hydrogen) atoms. The molecule has 0 saturated carbocycles. The van der Waals surface area contributed by atoms with E-state index in [0.717, 1.165) is 12.8 Å². The second-order valence-electron chi connectivity index (χ2n) is 1.92. The van der Waals surface area contributed by atoms with Crippen LogP contribution in [0.1, 0.15) is 19.8 Å². The number of ether oxygens (including phenoxy) is 2. The van der Waals surface area contributed by atoms with Gasteiger partial charge in [0.15, 0.2) is 0 Å². The molecule has 78 valence electrons. The van der Waals surface area contributed by atoms with Crippen LogP contribution in [0.2, 0.25) is 0 Å². The maximum absolute atomic E-state index is 10.5. The zero-order valence-corrected chi connectivity index (χ0v) is 21.6. The van der Waals surface area contributed by atoms with Crippen LogP contribution >= 0.6 is 0 Å². The van der Waals surface area contributed by atoms with Crippen LogP contribution in [0.5, 0.6) is 0 Å². The smallest absolute Gasteiger partial charge is 0.329 e. The van der Waals surface area contributed by atoms with Gasteiger partial charge in [0.2, 0.25) is 0 Å². The fourth-order valence-corrected chi connectivity index (χ4v) is 0.455. The quantitative estimate of drug-likeness (QED) is 0.266.